The molecule has 0 atom stereocenters. The molecule has 2 heterocycles. The molecule has 4 heteroatoms. The van der Waals surface area contributed by atoms with Crippen LogP contribution in [-0.2, 0) is 0 Å². The zero-order valence-electron chi connectivity index (χ0n) is 7.37. The van der Waals surface area contributed by atoms with Crippen molar-refractivity contribution in [3.05, 3.63) is 34.2 Å². The Labute approximate surface area is 91.5 Å². The lowest BCUT2D eigenvalue weighted by Crippen LogP contribution is -1.82. The predicted molar refractivity (Wildman–Crippen MR) is 57.2 cm³/mol. The van der Waals surface area contributed by atoms with Gasteiger partial charge in [-0.3, -0.25) is 0 Å². The molecule has 0 N–H and O–H groups in total. The number of fused-ring (bicyclic) bond motifs is 1. The second-order valence-electron chi connectivity index (χ2n) is 3.68. The topological polar surface area (TPSA) is 17.3 Å². The van der Waals surface area contributed by atoms with Gasteiger partial charge in [0.15, 0.2) is 5.65 Å². The quantitative estimate of drug-likeness (QED) is 0.728. The van der Waals surface area contributed by atoms with Crippen LogP contribution in [0.2, 0.25) is 10.0 Å². The third-order valence-electron chi connectivity index (χ3n) is 2.49. The molecular formula is C10H8Cl2N2. The smallest absolute Gasteiger partial charge is 0.155 e. The number of pyridine rings is 1. The Morgan fingerprint density at radius 1 is 1.29 bits per heavy atom. The van der Waals surface area contributed by atoms with Gasteiger partial charge in [-0.25, -0.2) is 4.98 Å². The Morgan fingerprint density at radius 2 is 2.07 bits per heavy atom. The molecule has 14 heavy (non-hydrogen) atoms. The van der Waals surface area contributed by atoms with Crippen molar-refractivity contribution in [2.75, 3.05) is 0 Å². The number of rotatable bonds is 1. The first-order valence-corrected chi connectivity index (χ1v) is 5.33. The Balaban J connectivity index is 2.26. The highest BCUT2D eigenvalue weighted by Crippen LogP contribution is 2.39. The molecule has 0 aromatic carbocycles. The van der Waals surface area contributed by atoms with Gasteiger partial charge in [0.05, 0.1) is 15.7 Å². The standard InChI is InChI=1S/C10H8Cl2N2/c11-7-3-8(12)10-13-9(6-1-2-6)5-14(10)4-7/h3-6H,1-2H2. The largest absolute Gasteiger partial charge is 0.304 e. The van der Waals surface area contributed by atoms with Gasteiger partial charge in [-0.2, -0.15) is 0 Å². The minimum Gasteiger partial charge on any atom is -0.304 e. The molecule has 1 aliphatic rings. The zero-order valence-corrected chi connectivity index (χ0v) is 8.89. The van der Waals surface area contributed by atoms with Gasteiger partial charge in [0.2, 0.25) is 0 Å². The van der Waals surface area contributed by atoms with E-state index in [-0.39, 0.29) is 0 Å². The van der Waals surface area contributed by atoms with E-state index in [0.717, 1.165) is 11.3 Å². The minimum atomic E-state index is 0.615. The van der Waals surface area contributed by atoms with E-state index in [1.54, 1.807) is 6.07 Å². The normalized spacial score (nSPS) is 16.4. The summed E-state index contributed by atoms with van der Waals surface area (Å²) in [4.78, 5) is 4.49. The maximum Gasteiger partial charge on any atom is 0.155 e. The number of hydrogen-bond donors (Lipinski definition) is 0. The maximum absolute atomic E-state index is 6.03. The molecule has 0 unspecified atom stereocenters. The van der Waals surface area contributed by atoms with E-state index in [9.17, 15) is 0 Å². The summed E-state index contributed by atoms with van der Waals surface area (Å²) in [5, 5.41) is 1.26. The lowest BCUT2D eigenvalue weighted by atomic mass is 10.3. The predicted octanol–water partition coefficient (Wildman–Crippen LogP) is 3.52. The van der Waals surface area contributed by atoms with Gasteiger partial charge in [0.25, 0.3) is 0 Å². The Bertz CT molecular complexity index is 500. The molecule has 2 nitrogen and oxygen atoms in total. The van der Waals surface area contributed by atoms with Gasteiger partial charge in [-0.1, -0.05) is 23.2 Å². The summed E-state index contributed by atoms with van der Waals surface area (Å²) in [6.45, 7) is 0. The fourth-order valence-corrected chi connectivity index (χ4v) is 2.15. The number of aromatic nitrogens is 2. The second-order valence-corrected chi connectivity index (χ2v) is 4.52. The number of halogens is 2. The third kappa shape index (κ3) is 1.30. The van der Waals surface area contributed by atoms with Gasteiger partial charge in [-0.05, 0) is 18.9 Å². The minimum absolute atomic E-state index is 0.615. The van der Waals surface area contributed by atoms with Crippen molar-refractivity contribution in [3.8, 4) is 0 Å². The number of nitrogens with zero attached hydrogens (tertiary/aromatic N) is 2. The van der Waals surface area contributed by atoms with Crippen molar-refractivity contribution in [3.63, 3.8) is 0 Å². The van der Waals surface area contributed by atoms with Crippen LogP contribution in [0, 0.1) is 0 Å². The molecule has 2 aromatic heterocycles. The summed E-state index contributed by atoms with van der Waals surface area (Å²) in [5.74, 6) is 0.643. The van der Waals surface area contributed by atoms with Crippen molar-refractivity contribution in [2.24, 2.45) is 0 Å². The van der Waals surface area contributed by atoms with Crippen molar-refractivity contribution >= 4 is 28.8 Å². The van der Waals surface area contributed by atoms with E-state index in [2.05, 4.69) is 4.98 Å². The Morgan fingerprint density at radius 3 is 2.79 bits per heavy atom. The summed E-state index contributed by atoms with van der Waals surface area (Å²) in [6.07, 6.45) is 6.34. The van der Waals surface area contributed by atoms with E-state index in [0.29, 0.717) is 16.0 Å². The molecule has 1 aliphatic carbocycles. The first-order valence-electron chi connectivity index (χ1n) is 4.58. The molecule has 0 amide bonds. The molecule has 0 radical (unpaired) electrons. The highest BCUT2D eigenvalue weighted by atomic mass is 35.5. The fourth-order valence-electron chi connectivity index (χ4n) is 1.62. The monoisotopic (exact) mass is 226 g/mol. The third-order valence-corrected chi connectivity index (χ3v) is 2.97. The highest BCUT2D eigenvalue weighted by Gasteiger charge is 2.26. The molecule has 0 bridgehead atoms. The van der Waals surface area contributed by atoms with E-state index in [1.807, 2.05) is 16.8 Å². The Kier molecular flexibility index (Phi) is 1.76. The van der Waals surface area contributed by atoms with Crippen molar-refractivity contribution in [1.82, 2.24) is 9.38 Å². The summed E-state index contributed by atoms with van der Waals surface area (Å²) < 4.78 is 1.90. The van der Waals surface area contributed by atoms with E-state index < -0.39 is 0 Å². The molecule has 0 spiro atoms. The SMILES string of the molecule is Clc1cc(Cl)c2nc(C3CC3)cn2c1. The van der Waals surface area contributed by atoms with Crippen molar-refractivity contribution in [1.29, 1.82) is 0 Å². The Hall–Kier alpha value is -0.730. The molecule has 0 aliphatic heterocycles. The molecule has 0 saturated heterocycles. The second kappa shape index (κ2) is 2.88. The van der Waals surface area contributed by atoms with E-state index >= 15 is 0 Å². The van der Waals surface area contributed by atoms with Gasteiger partial charge in [0, 0.05) is 18.3 Å². The summed E-state index contributed by atoms with van der Waals surface area (Å²) in [5.41, 5.74) is 1.94. The van der Waals surface area contributed by atoms with Crippen LogP contribution in [0.25, 0.3) is 5.65 Å². The maximum atomic E-state index is 6.03. The molecule has 3 rings (SSSR count). The molecule has 72 valence electrons. The van der Waals surface area contributed by atoms with Crippen LogP contribution >= 0.6 is 23.2 Å². The average molecular weight is 227 g/mol. The van der Waals surface area contributed by atoms with Crippen LogP contribution in [0.5, 0.6) is 0 Å². The van der Waals surface area contributed by atoms with E-state index in [4.69, 9.17) is 23.2 Å². The van der Waals surface area contributed by atoms with E-state index in [1.165, 1.54) is 12.8 Å². The molecular weight excluding hydrogens is 219 g/mol. The van der Waals surface area contributed by atoms with Crippen LogP contribution in [0.4, 0.5) is 0 Å². The molecule has 1 fully saturated rings. The van der Waals surface area contributed by atoms with Gasteiger partial charge in [-0.15, -0.1) is 0 Å². The number of imidazole rings is 1. The van der Waals surface area contributed by atoms with Gasteiger partial charge >= 0.3 is 0 Å². The zero-order chi connectivity index (χ0) is 9.71. The van der Waals surface area contributed by atoms with Crippen molar-refractivity contribution < 1.29 is 0 Å². The molecule has 1 saturated carbocycles. The first-order chi connectivity index (χ1) is 6.74. The first kappa shape index (κ1) is 8.57. The van der Waals surface area contributed by atoms with Crippen molar-refractivity contribution in [2.45, 2.75) is 18.8 Å². The fraction of sp³-hybridized carbons (Fsp3) is 0.300. The summed E-state index contributed by atoms with van der Waals surface area (Å²) in [7, 11) is 0. The lowest BCUT2D eigenvalue weighted by molar-refractivity contribution is 1.06. The van der Waals surface area contributed by atoms with Gasteiger partial charge < -0.3 is 4.40 Å². The highest BCUT2D eigenvalue weighted by molar-refractivity contribution is 6.36. The van der Waals surface area contributed by atoms with Gasteiger partial charge in [0.1, 0.15) is 0 Å². The number of hydrogen-bond acceptors (Lipinski definition) is 1. The molecule has 2 aromatic rings. The van der Waals surface area contributed by atoms with Crippen LogP contribution in [-0.4, -0.2) is 9.38 Å². The average Bonchev–Trinajstić information content (AvgIpc) is 2.87. The summed E-state index contributed by atoms with van der Waals surface area (Å²) >= 11 is 11.9. The van der Waals surface area contributed by atoms with Crippen LogP contribution in [0.15, 0.2) is 18.5 Å². The summed E-state index contributed by atoms with van der Waals surface area (Å²) in [6, 6.07) is 1.72. The van der Waals surface area contributed by atoms with Crippen LogP contribution < -0.4 is 0 Å². The lowest BCUT2D eigenvalue weighted by Gasteiger charge is -1.95. The van der Waals surface area contributed by atoms with Crippen LogP contribution in [0.1, 0.15) is 24.5 Å². The van der Waals surface area contributed by atoms with Crippen LogP contribution in [0.3, 0.4) is 0 Å².